The lowest BCUT2D eigenvalue weighted by Gasteiger charge is -2.27. The molecule has 0 saturated carbocycles. The zero-order chi connectivity index (χ0) is 16.4. The summed E-state index contributed by atoms with van der Waals surface area (Å²) < 4.78 is 0. The minimum Gasteiger partial charge on any atom is -0.341 e. The van der Waals surface area contributed by atoms with Crippen LogP contribution >= 0.6 is 24.8 Å². The normalized spacial score (nSPS) is 29.2. The standard InChI is InChI=1S/C19H29N3O.2ClH/c1-14-8-9-15(2)22(14)13-19(23)21-11-17(10-20)18(12-21)16-6-4-3-5-7-16;;/h3-7,14-15,17-18H,8-13,20H2,1-2H3;2*1H/t14?,15?,17-,18+;;/m1../s1. The van der Waals surface area contributed by atoms with Crippen molar-refractivity contribution in [2.24, 2.45) is 11.7 Å². The third-order valence-corrected chi connectivity index (χ3v) is 5.78. The van der Waals surface area contributed by atoms with Crippen molar-refractivity contribution in [2.75, 3.05) is 26.2 Å². The van der Waals surface area contributed by atoms with Crippen LogP contribution in [0.5, 0.6) is 0 Å². The van der Waals surface area contributed by atoms with Gasteiger partial charge in [-0.25, -0.2) is 0 Å². The molecule has 142 valence electrons. The Labute approximate surface area is 163 Å². The number of benzene rings is 1. The molecule has 2 fully saturated rings. The molecule has 25 heavy (non-hydrogen) atoms. The zero-order valence-corrected chi connectivity index (χ0v) is 16.8. The van der Waals surface area contributed by atoms with Gasteiger partial charge in [-0.3, -0.25) is 9.69 Å². The van der Waals surface area contributed by atoms with E-state index in [0.717, 1.165) is 13.1 Å². The number of halogens is 2. The minimum atomic E-state index is 0. The maximum Gasteiger partial charge on any atom is 0.236 e. The summed E-state index contributed by atoms with van der Waals surface area (Å²) in [5.74, 6) is 1.01. The van der Waals surface area contributed by atoms with Crippen LogP contribution in [0.1, 0.15) is 38.2 Å². The lowest BCUT2D eigenvalue weighted by molar-refractivity contribution is -0.132. The van der Waals surface area contributed by atoms with E-state index in [1.807, 2.05) is 11.0 Å². The molecule has 0 spiro atoms. The van der Waals surface area contributed by atoms with Crippen molar-refractivity contribution in [2.45, 2.75) is 44.7 Å². The minimum absolute atomic E-state index is 0. The predicted molar refractivity (Wildman–Crippen MR) is 108 cm³/mol. The quantitative estimate of drug-likeness (QED) is 0.863. The molecule has 2 aliphatic heterocycles. The summed E-state index contributed by atoms with van der Waals surface area (Å²) in [6.45, 7) is 7.26. The van der Waals surface area contributed by atoms with Crippen molar-refractivity contribution >= 4 is 30.7 Å². The van der Waals surface area contributed by atoms with Gasteiger partial charge in [0.15, 0.2) is 0 Å². The Kier molecular flexibility index (Phi) is 8.69. The highest BCUT2D eigenvalue weighted by Gasteiger charge is 2.37. The van der Waals surface area contributed by atoms with Gasteiger partial charge in [-0.2, -0.15) is 0 Å². The Hall–Kier alpha value is -0.810. The molecule has 3 rings (SSSR count). The largest absolute Gasteiger partial charge is 0.341 e. The Bertz CT molecular complexity index is 533. The number of carbonyl (C=O) groups is 1. The average Bonchev–Trinajstić information content (AvgIpc) is 3.14. The van der Waals surface area contributed by atoms with Gasteiger partial charge in [0.25, 0.3) is 0 Å². The molecule has 6 heteroatoms. The van der Waals surface area contributed by atoms with Crippen LogP contribution in [0.25, 0.3) is 0 Å². The number of nitrogens with zero attached hydrogens (tertiary/aromatic N) is 2. The maximum absolute atomic E-state index is 12.8. The Morgan fingerprint density at radius 1 is 1.08 bits per heavy atom. The van der Waals surface area contributed by atoms with Gasteiger partial charge in [0, 0.05) is 31.1 Å². The van der Waals surface area contributed by atoms with E-state index in [2.05, 4.69) is 43.0 Å². The summed E-state index contributed by atoms with van der Waals surface area (Å²) >= 11 is 0. The van der Waals surface area contributed by atoms with Crippen molar-refractivity contribution in [3.63, 3.8) is 0 Å². The fourth-order valence-electron chi connectivity index (χ4n) is 4.21. The molecule has 2 saturated heterocycles. The molecule has 1 aromatic rings. The topological polar surface area (TPSA) is 49.6 Å². The summed E-state index contributed by atoms with van der Waals surface area (Å²) in [6.07, 6.45) is 2.40. The van der Waals surface area contributed by atoms with E-state index in [9.17, 15) is 4.79 Å². The highest BCUT2D eigenvalue weighted by molar-refractivity contribution is 5.85. The van der Waals surface area contributed by atoms with E-state index in [-0.39, 0.29) is 30.7 Å². The molecule has 0 aromatic heterocycles. The van der Waals surface area contributed by atoms with E-state index < -0.39 is 0 Å². The van der Waals surface area contributed by atoms with E-state index in [0.29, 0.717) is 37.0 Å². The van der Waals surface area contributed by atoms with E-state index >= 15 is 0 Å². The lowest BCUT2D eigenvalue weighted by atomic mass is 9.89. The number of rotatable bonds is 4. The molecule has 0 bridgehead atoms. The van der Waals surface area contributed by atoms with Crippen molar-refractivity contribution in [1.82, 2.24) is 9.80 Å². The zero-order valence-electron chi connectivity index (χ0n) is 15.1. The fraction of sp³-hybridized carbons (Fsp3) is 0.632. The molecule has 4 atom stereocenters. The van der Waals surface area contributed by atoms with Gasteiger partial charge >= 0.3 is 0 Å². The Morgan fingerprint density at radius 3 is 2.24 bits per heavy atom. The second kappa shape index (κ2) is 9.77. The lowest BCUT2D eigenvalue weighted by Crippen LogP contribution is -2.43. The summed E-state index contributed by atoms with van der Waals surface area (Å²) in [5.41, 5.74) is 7.29. The highest BCUT2D eigenvalue weighted by Crippen LogP contribution is 2.32. The number of likely N-dealkylation sites (tertiary alicyclic amines) is 2. The molecule has 1 aromatic carbocycles. The van der Waals surface area contributed by atoms with Crippen LogP contribution in [-0.4, -0.2) is 54.0 Å². The second-order valence-corrected chi connectivity index (χ2v) is 7.26. The Morgan fingerprint density at radius 2 is 1.68 bits per heavy atom. The number of nitrogens with two attached hydrogens (primary N) is 1. The SMILES string of the molecule is CC1CCC(C)N1CC(=O)N1C[C@@H](CN)[C@H](c2ccccc2)C1.Cl.Cl. The van der Waals surface area contributed by atoms with Crippen LogP contribution in [0.4, 0.5) is 0 Å². The van der Waals surface area contributed by atoms with Crippen molar-refractivity contribution in [1.29, 1.82) is 0 Å². The van der Waals surface area contributed by atoms with E-state index in [1.54, 1.807) is 0 Å². The van der Waals surface area contributed by atoms with Gasteiger partial charge in [0.2, 0.25) is 5.91 Å². The van der Waals surface area contributed by atoms with Crippen molar-refractivity contribution < 1.29 is 4.79 Å². The molecular weight excluding hydrogens is 357 g/mol. The molecule has 2 aliphatic rings. The molecule has 2 N–H and O–H groups in total. The molecule has 2 heterocycles. The van der Waals surface area contributed by atoms with Gasteiger partial charge in [0.1, 0.15) is 0 Å². The first-order valence-corrected chi connectivity index (χ1v) is 8.88. The first-order chi connectivity index (χ1) is 11.1. The molecule has 4 nitrogen and oxygen atoms in total. The smallest absolute Gasteiger partial charge is 0.236 e. The number of hydrogen-bond acceptors (Lipinski definition) is 3. The van der Waals surface area contributed by atoms with Crippen molar-refractivity contribution in [3.05, 3.63) is 35.9 Å². The van der Waals surface area contributed by atoms with Gasteiger partial charge < -0.3 is 10.6 Å². The predicted octanol–water partition coefficient (Wildman–Crippen LogP) is 2.90. The van der Waals surface area contributed by atoms with Crippen LogP contribution in [0.3, 0.4) is 0 Å². The maximum atomic E-state index is 12.8. The highest BCUT2D eigenvalue weighted by atomic mass is 35.5. The van der Waals surface area contributed by atoms with Crippen LogP contribution in [0.15, 0.2) is 30.3 Å². The van der Waals surface area contributed by atoms with E-state index in [1.165, 1.54) is 18.4 Å². The molecular formula is C19H31Cl2N3O. The first kappa shape index (κ1) is 22.2. The molecule has 2 unspecified atom stereocenters. The third-order valence-electron chi connectivity index (χ3n) is 5.78. The fourth-order valence-corrected chi connectivity index (χ4v) is 4.21. The average molecular weight is 388 g/mol. The number of amides is 1. The van der Waals surface area contributed by atoms with Gasteiger partial charge in [-0.1, -0.05) is 30.3 Å². The summed E-state index contributed by atoms with van der Waals surface area (Å²) in [7, 11) is 0. The van der Waals surface area contributed by atoms with E-state index in [4.69, 9.17) is 5.73 Å². The van der Waals surface area contributed by atoms with Crippen LogP contribution < -0.4 is 5.73 Å². The summed E-state index contributed by atoms with van der Waals surface area (Å²) in [6, 6.07) is 11.5. The van der Waals surface area contributed by atoms with Crippen LogP contribution in [-0.2, 0) is 4.79 Å². The van der Waals surface area contributed by atoms with Crippen molar-refractivity contribution in [3.8, 4) is 0 Å². The third kappa shape index (κ3) is 4.88. The Balaban J connectivity index is 0.00000156. The van der Waals surface area contributed by atoms with Crippen LogP contribution in [0, 0.1) is 5.92 Å². The van der Waals surface area contributed by atoms with Gasteiger partial charge in [0.05, 0.1) is 6.54 Å². The van der Waals surface area contributed by atoms with Gasteiger partial charge in [-0.05, 0) is 44.7 Å². The second-order valence-electron chi connectivity index (χ2n) is 7.26. The summed E-state index contributed by atoms with van der Waals surface area (Å²) in [4.78, 5) is 17.2. The number of carbonyl (C=O) groups excluding carboxylic acids is 1. The molecule has 0 radical (unpaired) electrons. The molecule has 1 amide bonds. The monoisotopic (exact) mass is 387 g/mol. The van der Waals surface area contributed by atoms with Crippen LogP contribution in [0.2, 0.25) is 0 Å². The first-order valence-electron chi connectivity index (χ1n) is 8.88. The summed E-state index contributed by atoms with van der Waals surface area (Å²) in [5, 5.41) is 0. The number of hydrogen-bond donors (Lipinski definition) is 1. The van der Waals surface area contributed by atoms with Gasteiger partial charge in [-0.15, -0.1) is 24.8 Å². The molecule has 0 aliphatic carbocycles.